The normalized spacial score (nSPS) is 11.8. The Kier molecular flexibility index (Phi) is 5.81. The first-order chi connectivity index (χ1) is 11.8. The molecule has 0 bridgehead atoms. The fourth-order valence-corrected chi connectivity index (χ4v) is 3.04. The SMILES string of the molecule is CC(c1ccco1)N(C)C(=O)CSc1ccc(C(N)=O)cc1[N+](=O)[O-]. The van der Waals surface area contributed by atoms with Crippen molar-refractivity contribution in [2.75, 3.05) is 12.8 Å². The summed E-state index contributed by atoms with van der Waals surface area (Å²) in [7, 11) is 1.64. The van der Waals surface area contributed by atoms with Crippen molar-refractivity contribution in [2.24, 2.45) is 5.73 Å². The maximum atomic E-state index is 12.3. The van der Waals surface area contributed by atoms with Crippen LogP contribution in [-0.4, -0.2) is 34.4 Å². The van der Waals surface area contributed by atoms with Gasteiger partial charge >= 0.3 is 0 Å². The first-order valence-corrected chi connectivity index (χ1v) is 8.30. The Morgan fingerprint density at radius 1 is 1.40 bits per heavy atom. The molecule has 0 radical (unpaired) electrons. The van der Waals surface area contributed by atoms with E-state index in [1.807, 2.05) is 6.92 Å². The number of furan rings is 1. The Balaban J connectivity index is 2.08. The highest BCUT2D eigenvalue weighted by Crippen LogP contribution is 2.31. The summed E-state index contributed by atoms with van der Waals surface area (Å²) in [5.41, 5.74) is 4.93. The van der Waals surface area contributed by atoms with E-state index in [4.69, 9.17) is 10.2 Å². The molecule has 2 aromatic rings. The zero-order chi connectivity index (χ0) is 18.6. The third-order valence-electron chi connectivity index (χ3n) is 3.72. The molecule has 8 nitrogen and oxygen atoms in total. The summed E-state index contributed by atoms with van der Waals surface area (Å²) in [6.07, 6.45) is 1.53. The summed E-state index contributed by atoms with van der Waals surface area (Å²) in [5.74, 6) is -0.291. The van der Waals surface area contributed by atoms with Gasteiger partial charge in [-0.1, -0.05) is 0 Å². The van der Waals surface area contributed by atoms with Gasteiger partial charge in [-0.15, -0.1) is 11.8 Å². The van der Waals surface area contributed by atoms with E-state index < -0.39 is 10.8 Å². The van der Waals surface area contributed by atoms with E-state index >= 15 is 0 Å². The maximum Gasteiger partial charge on any atom is 0.283 e. The standard InChI is InChI=1S/C16H17N3O5S/c1-10(13-4-3-7-24-13)18(2)15(20)9-25-14-6-5-11(16(17)21)8-12(14)19(22)23/h3-8,10H,9H2,1-2H3,(H2,17,21). The average Bonchev–Trinajstić information content (AvgIpc) is 3.12. The minimum absolute atomic E-state index is 0.0122. The van der Waals surface area contributed by atoms with Crippen molar-refractivity contribution in [3.05, 3.63) is 58.0 Å². The van der Waals surface area contributed by atoms with Crippen LogP contribution in [-0.2, 0) is 4.79 Å². The van der Waals surface area contributed by atoms with Crippen molar-refractivity contribution < 1.29 is 18.9 Å². The minimum atomic E-state index is -0.747. The van der Waals surface area contributed by atoms with Crippen LogP contribution in [0.25, 0.3) is 0 Å². The van der Waals surface area contributed by atoms with Gasteiger partial charge in [0.1, 0.15) is 5.76 Å². The molecule has 1 aromatic heterocycles. The van der Waals surface area contributed by atoms with Crippen LogP contribution in [0.15, 0.2) is 45.9 Å². The van der Waals surface area contributed by atoms with Crippen LogP contribution >= 0.6 is 11.8 Å². The van der Waals surface area contributed by atoms with E-state index in [0.29, 0.717) is 10.7 Å². The predicted molar refractivity (Wildman–Crippen MR) is 92.2 cm³/mol. The number of nitrogens with two attached hydrogens (primary N) is 1. The zero-order valence-electron chi connectivity index (χ0n) is 13.7. The summed E-state index contributed by atoms with van der Waals surface area (Å²) < 4.78 is 5.28. The van der Waals surface area contributed by atoms with Gasteiger partial charge in [0.2, 0.25) is 11.8 Å². The molecule has 0 aliphatic rings. The van der Waals surface area contributed by atoms with Crippen LogP contribution in [0.3, 0.4) is 0 Å². The van der Waals surface area contributed by atoms with Crippen LogP contribution in [0.1, 0.15) is 29.1 Å². The molecule has 2 N–H and O–H groups in total. The zero-order valence-corrected chi connectivity index (χ0v) is 14.5. The van der Waals surface area contributed by atoms with Crippen LogP contribution in [0.4, 0.5) is 5.69 Å². The number of hydrogen-bond acceptors (Lipinski definition) is 6. The number of rotatable bonds is 7. The van der Waals surface area contributed by atoms with Crippen molar-refractivity contribution in [1.82, 2.24) is 4.90 Å². The van der Waals surface area contributed by atoms with Gasteiger partial charge in [0.15, 0.2) is 0 Å². The Hall–Kier alpha value is -2.81. The van der Waals surface area contributed by atoms with Gasteiger partial charge in [0, 0.05) is 18.7 Å². The molecule has 9 heteroatoms. The largest absolute Gasteiger partial charge is 0.467 e. The molecule has 0 aliphatic carbocycles. The molecular formula is C16H17N3O5S. The highest BCUT2D eigenvalue weighted by atomic mass is 32.2. The summed E-state index contributed by atoms with van der Waals surface area (Å²) in [6, 6.07) is 7.20. The first-order valence-electron chi connectivity index (χ1n) is 7.31. The molecular weight excluding hydrogens is 346 g/mol. The first kappa shape index (κ1) is 18.5. The van der Waals surface area contributed by atoms with Crippen LogP contribution in [0, 0.1) is 10.1 Å². The molecule has 0 saturated heterocycles. The van der Waals surface area contributed by atoms with Crippen LogP contribution in [0.2, 0.25) is 0 Å². The topological polar surface area (TPSA) is 120 Å². The number of hydrogen-bond donors (Lipinski definition) is 1. The Labute approximate surface area is 148 Å². The van der Waals surface area contributed by atoms with E-state index in [9.17, 15) is 19.7 Å². The second kappa shape index (κ2) is 7.84. The van der Waals surface area contributed by atoms with Crippen molar-refractivity contribution in [3.63, 3.8) is 0 Å². The van der Waals surface area contributed by atoms with Gasteiger partial charge in [-0.05, 0) is 31.2 Å². The molecule has 0 fully saturated rings. The van der Waals surface area contributed by atoms with Gasteiger partial charge in [0.05, 0.1) is 27.9 Å². The quantitative estimate of drug-likeness (QED) is 0.459. The summed E-state index contributed by atoms with van der Waals surface area (Å²) >= 11 is 1.03. The smallest absolute Gasteiger partial charge is 0.283 e. The second-order valence-corrected chi connectivity index (χ2v) is 6.31. The lowest BCUT2D eigenvalue weighted by Gasteiger charge is -2.23. The maximum absolute atomic E-state index is 12.3. The van der Waals surface area contributed by atoms with Gasteiger partial charge in [-0.25, -0.2) is 0 Å². The van der Waals surface area contributed by atoms with Crippen molar-refractivity contribution in [2.45, 2.75) is 17.9 Å². The summed E-state index contributed by atoms with van der Waals surface area (Å²) in [5, 5.41) is 11.2. The molecule has 1 aromatic carbocycles. The predicted octanol–water partition coefficient (Wildman–Crippen LogP) is 2.60. The Bertz CT molecular complexity index is 791. The van der Waals surface area contributed by atoms with E-state index in [0.717, 1.165) is 17.8 Å². The lowest BCUT2D eigenvalue weighted by molar-refractivity contribution is -0.387. The molecule has 1 unspecified atom stereocenters. The average molecular weight is 363 g/mol. The lowest BCUT2D eigenvalue weighted by atomic mass is 10.2. The monoisotopic (exact) mass is 363 g/mol. The summed E-state index contributed by atoms with van der Waals surface area (Å²) in [6.45, 7) is 1.82. The number of amides is 2. The van der Waals surface area contributed by atoms with E-state index in [1.165, 1.54) is 23.3 Å². The summed E-state index contributed by atoms with van der Waals surface area (Å²) in [4.78, 5) is 35.9. The van der Waals surface area contributed by atoms with E-state index in [-0.39, 0.29) is 29.0 Å². The molecule has 1 atom stereocenters. The van der Waals surface area contributed by atoms with Crippen LogP contribution < -0.4 is 5.73 Å². The molecule has 0 spiro atoms. The molecule has 0 saturated carbocycles. The third kappa shape index (κ3) is 4.38. The second-order valence-electron chi connectivity index (χ2n) is 5.29. The number of nitro groups is 1. The number of primary amides is 1. The Morgan fingerprint density at radius 3 is 2.68 bits per heavy atom. The van der Waals surface area contributed by atoms with Crippen LogP contribution in [0.5, 0.6) is 0 Å². The fraction of sp³-hybridized carbons (Fsp3) is 0.250. The highest BCUT2D eigenvalue weighted by molar-refractivity contribution is 8.00. The number of carbonyl (C=O) groups excluding carboxylic acids is 2. The number of carbonyl (C=O) groups is 2. The molecule has 1 heterocycles. The van der Waals surface area contributed by atoms with Gasteiger partial charge in [0.25, 0.3) is 5.69 Å². The van der Waals surface area contributed by atoms with Crippen molar-refractivity contribution in [1.29, 1.82) is 0 Å². The van der Waals surface area contributed by atoms with E-state index in [1.54, 1.807) is 19.2 Å². The number of nitro benzene ring substituents is 1. The van der Waals surface area contributed by atoms with Gasteiger partial charge in [-0.2, -0.15) is 0 Å². The van der Waals surface area contributed by atoms with Crippen molar-refractivity contribution >= 4 is 29.3 Å². The highest BCUT2D eigenvalue weighted by Gasteiger charge is 2.22. The van der Waals surface area contributed by atoms with Gasteiger partial charge < -0.3 is 15.1 Å². The minimum Gasteiger partial charge on any atom is -0.467 e. The van der Waals surface area contributed by atoms with Gasteiger partial charge in [-0.3, -0.25) is 19.7 Å². The third-order valence-corrected chi connectivity index (χ3v) is 4.77. The molecule has 2 rings (SSSR count). The molecule has 2 amide bonds. The lowest BCUT2D eigenvalue weighted by Crippen LogP contribution is -2.30. The Morgan fingerprint density at radius 2 is 2.12 bits per heavy atom. The molecule has 132 valence electrons. The fourth-order valence-electron chi connectivity index (χ4n) is 2.11. The van der Waals surface area contributed by atoms with Crippen molar-refractivity contribution in [3.8, 4) is 0 Å². The van der Waals surface area contributed by atoms with E-state index in [2.05, 4.69) is 0 Å². The number of nitrogens with zero attached hydrogens (tertiary/aromatic N) is 2. The number of benzene rings is 1. The number of thioether (sulfide) groups is 1. The molecule has 0 aliphatic heterocycles. The molecule has 25 heavy (non-hydrogen) atoms.